The van der Waals surface area contributed by atoms with Gasteiger partial charge in [0.2, 0.25) is 0 Å². The average Bonchev–Trinajstić information content (AvgIpc) is 3.34. The van der Waals surface area contributed by atoms with Gasteiger partial charge >= 0.3 is 0 Å². The normalized spacial score (nSPS) is 19.4. The average molecular weight is 547 g/mol. The standard InChI is InChI=1S/C34H46N2O4/c1-5-27-30(36(6-2)25-12-16-39-17-13-25)21-33-29(20-26(40-33)22-35-14-8-7-9-15-35)34(27)31(37)11-10-28-24(4)18-23(3)19-32(28)38/h18,20-21,25H,5-17,19,22H2,1-4H3. The SMILES string of the molecule is CCc1c(N(CC)C2CCOCC2)cc2oc(CN3CCCCC3)cc2c1C(=O)CCC1=C(C)C=C(C)CC1=O. The van der Waals surface area contributed by atoms with Gasteiger partial charge < -0.3 is 14.1 Å². The third kappa shape index (κ3) is 6.13. The molecule has 3 aliphatic rings. The molecular weight excluding hydrogens is 500 g/mol. The van der Waals surface area contributed by atoms with E-state index in [1.54, 1.807) is 0 Å². The fourth-order valence-electron chi connectivity index (χ4n) is 7.02. The number of piperidine rings is 1. The number of allylic oxidation sites excluding steroid dienone is 4. The molecule has 0 saturated carbocycles. The molecule has 5 rings (SSSR count). The lowest BCUT2D eigenvalue weighted by molar-refractivity contribution is -0.115. The molecule has 0 spiro atoms. The molecule has 6 nitrogen and oxygen atoms in total. The Hall–Kier alpha value is -2.70. The molecule has 1 aliphatic carbocycles. The number of benzene rings is 1. The van der Waals surface area contributed by atoms with Crippen LogP contribution in [-0.4, -0.2) is 55.4 Å². The van der Waals surface area contributed by atoms with Gasteiger partial charge in [0.15, 0.2) is 11.6 Å². The van der Waals surface area contributed by atoms with Crippen LogP contribution in [0.15, 0.2) is 39.3 Å². The number of furan rings is 1. The topological polar surface area (TPSA) is 63.0 Å². The number of likely N-dealkylation sites (tertiary alicyclic amines) is 1. The van der Waals surface area contributed by atoms with E-state index in [-0.39, 0.29) is 11.6 Å². The minimum absolute atomic E-state index is 0.108. The molecule has 2 aliphatic heterocycles. The summed E-state index contributed by atoms with van der Waals surface area (Å²) in [5.41, 5.74) is 6.72. The van der Waals surface area contributed by atoms with Crippen molar-refractivity contribution < 1.29 is 18.7 Å². The van der Waals surface area contributed by atoms with Gasteiger partial charge in [-0.1, -0.05) is 25.0 Å². The van der Waals surface area contributed by atoms with E-state index in [1.807, 2.05) is 13.8 Å². The second-order valence-electron chi connectivity index (χ2n) is 11.9. The number of carbonyl (C=O) groups is 2. The highest BCUT2D eigenvalue weighted by atomic mass is 16.5. The molecule has 216 valence electrons. The summed E-state index contributed by atoms with van der Waals surface area (Å²) >= 11 is 0. The van der Waals surface area contributed by atoms with E-state index in [9.17, 15) is 9.59 Å². The second kappa shape index (κ2) is 12.9. The zero-order valence-electron chi connectivity index (χ0n) is 24.9. The molecule has 2 fully saturated rings. The van der Waals surface area contributed by atoms with Gasteiger partial charge in [-0.15, -0.1) is 0 Å². The van der Waals surface area contributed by atoms with E-state index in [2.05, 4.69) is 41.9 Å². The molecule has 40 heavy (non-hydrogen) atoms. The smallest absolute Gasteiger partial charge is 0.164 e. The van der Waals surface area contributed by atoms with Crippen molar-refractivity contribution in [2.45, 2.75) is 98.1 Å². The zero-order valence-corrected chi connectivity index (χ0v) is 24.9. The minimum Gasteiger partial charge on any atom is -0.460 e. The monoisotopic (exact) mass is 546 g/mol. The predicted molar refractivity (Wildman–Crippen MR) is 161 cm³/mol. The Morgan fingerprint density at radius 1 is 1.07 bits per heavy atom. The minimum atomic E-state index is 0.108. The quantitative estimate of drug-likeness (QED) is 0.294. The molecule has 0 N–H and O–H groups in total. The first kappa shape index (κ1) is 28.8. The summed E-state index contributed by atoms with van der Waals surface area (Å²) in [5, 5.41) is 0.928. The van der Waals surface area contributed by atoms with E-state index in [0.717, 1.165) is 109 Å². The van der Waals surface area contributed by atoms with Gasteiger partial charge in [-0.25, -0.2) is 0 Å². The van der Waals surface area contributed by atoms with Crippen LogP contribution in [0.4, 0.5) is 5.69 Å². The van der Waals surface area contributed by atoms with Crippen molar-refractivity contribution in [2.75, 3.05) is 37.7 Å². The van der Waals surface area contributed by atoms with Crippen LogP contribution in [0.3, 0.4) is 0 Å². The number of nitrogens with zero attached hydrogens (tertiary/aromatic N) is 2. The van der Waals surface area contributed by atoms with Gasteiger partial charge in [0.05, 0.1) is 6.54 Å². The predicted octanol–water partition coefficient (Wildman–Crippen LogP) is 7.18. The summed E-state index contributed by atoms with van der Waals surface area (Å²) < 4.78 is 12.2. The van der Waals surface area contributed by atoms with E-state index in [4.69, 9.17) is 9.15 Å². The molecule has 0 radical (unpaired) electrons. The molecule has 0 bridgehead atoms. The van der Waals surface area contributed by atoms with Gasteiger partial charge in [0.25, 0.3) is 0 Å². The number of ketones is 2. The van der Waals surface area contributed by atoms with Crippen molar-refractivity contribution in [1.82, 2.24) is 4.90 Å². The lowest BCUT2D eigenvalue weighted by Crippen LogP contribution is -2.40. The van der Waals surface area contributed by atoms with Crippen LogP contribution in [0, 0.1) is 0 Å². The summed E-state index contributed by atoms with van der Waals surface area (Å²) in [7, 11) is 0. The lowest BCUT2D eigenvalue weighted by atomic mass is 9.87. The third-order valence-electron chi connectivity index (χ3n) is 9.02. The number of rotatable bonds is 10. The Bertz CT molecular complexity index is 1300. The second-order valence-corrected chi connectivity index (χ2v) is 11.9. The van der Waals surface area contributed by atoms with E-state index >= 15 is 0 Å². The zero-order chi connectivity index (χ0) is 28.2. The van der Waals surface area contributed by atoms with Crippen molar-refractivity contribution in [2.24, 2.45) is 0 Å². The first-order chi connectivity index (χ1) is 19.4. The number of anilines is 1. The van der Waals surface area contributed by atoms with Crippen molar-refractivity contribution in [3.05, 3.63) is 51.8 Å². The fraction of sp³-hybridized carbons (Fsp3) is 0.588. The summed E-state index contributed by atoms with van der Waals surface area (Å²) in [5.74, 6) is 1.20. The number of ether oxygens (including phenoxy) is 1. The lowest BCUT2D eigenvalue weighted by Gasteiger charge is -2.37. The van der Waals surface area contributed by atoms with Crippen LogP contribution in [-0.2, 0) is 22.5 Å². The Morgan fingerprint density at radius 2 is 1.82 bits per heavy atom. The summed E-state index contributed by atoms with van der Waals surface area (Å²) in [4.78, 5) is 31.9. The molecule has 2 saturated heterocycles. The Balaban J connectivity index is 1.54. The Morgan fingerprint density at radius 3 is 2.50 bits per heavy atom. The first-order valence-electron chi connectivity index (χ1n) is 15.5. The molecule has 2 aromatic rings. The largest absolute Gasteiger partial charge is 0.460 e. The van der Waals surface area contributed by atoms with Crippen molar-refractivity contribution in [3.8, 4) is 0 Å². The van der Waals surface area contributed by atoms with Crippen molar-refractivity contribution in [3.63, 3.8) is 0 Å². The van der Waals surface area contributed by atoms with Crippen LogP contribution in [0.5, 0.6) is 0 Å². The van der Waals surface area contributed by atoms with Crippen LogP contribution >= 0.6 is 0 Å². The molecular formula is C34H46N2O4. The molecule has 0 atom stereocenters. The number of hydrogen-bond acceptors (Lipinski definition) is 6. The van der Waals surface area contributed by atoms with Gasteiger partial charge in [0.1, 0.15) is 11.3 Å². The van der Waals surface area contributed by atoms with Crippen LogP contribution in [0.1, 0.15) is 101 Å². The Labute approximate surface area is 239 Å². The van der Waals surface area contributed by atoms with Crippen molar-refractivity contribution in [1.29, 1.82) is 0 Å². The maximum Gasteiger partial charge on any atom is 0.164 e. The molecule has 6 heteroatoms. The van der Waals surface area contributed by atoms with E-state index in [0.29, 0.717) is 25.3 Å². The molecule has 0 unspecified atom stereocenters. The molecule has 0 amide bonds. The van der Waals surface area contributed by atoms with Gasteiger partial charge in [-0.2, -0.15) is 0 Å². The Kier molecular flexibility index (Phi) is 9.27. The van der Waals surface area contributed by atoms with E-state index in [1.165, 1.54) is 19.3 Å². The summed E-state index contributed by atoms with van der Waals surface area (Å²) in [6, 6.07) is 4.69. The molecule has 3 heterocycles. The van der Waals surface area contributed by atoms with Gasteiger partial charge in [-0.3, -0.25) is 14.5 Å². The van der Waals surface area contributed by atoms with E-state index < -0.39 is 0 Å². The maximum atomic E-state index is 14.2. The summed E-state index contributed by atoms with van der Waals surface area (Å²) in [6.07, 6.45) is 9.85. The maximum absolute atomic E-state index is 14.2. The highest BCUT2D eigenvalue weighted by Gasteiger charge is 2.28. The highest BCUT2D eigenvalue weighted by Crippen LogP contribution is 2.38. The molecule has 1 aromatic carbocycles. The van der Waals surface area contributed by atoms with Gasteiger partial charge in [0, 0.05) is 61.3 Å². The van der Waals surface area contributed by atoms with Gasteiger partial charge in [-0.05, 0) is 95.2 Å². The number of Topliss-reactive ketones (excluding diaryl/α,β-unsaturated/α-hetero) is 2. The van der Waals surface area contributed by atoms with Crippen LogP contribution < -0.4 is 4.90 Å². The fourth-order valence-corrected chi connectivity index (χ4v) is 7.02. The summed E-state index contributed by atoms with van der Waals surface area (Å²) in [6.45, 7) is 13.7. The number of hydrogen-bond donors (Lipinski definition) is 0. The highest BCUT2D eigenvalue weighted by molar-refractivity contribution is 6.11. The molecule has 1 aromatic heterocycles. The van der Waals surface area contributed by atoms with Crippen LogP contribution in [0.25, 0.3) is 11.0 Å². The first-order valence-corrected chi connectivity index (χ1v) is 15.5. The number of carbonyl (C=O) groups excluding carboxylic acids is 2. The third-order valence-corrected chi connectivity index (χ3v) is 9.02. The number of fused-ring (bicyclic) bond motifs is 1. The van der Waals surface area contributed by atoms with Crippen molar-refractivity contribution >= 4 is 28.2 Å². The van der Waals surface area contributed by atoms with Crippen LogP contribution in [0.2, 0.25) is 0 Å².